The highest BCUT2D eigenvalue weighted by molar-refractivity contribution is 5.80. The van der Waals surface area contributed by atoms with Crippen LogP contribution in [0.15, 0.2) is 47.3 Å². The van der Waals surface area contributed by atoms with Crippen molar-refractivity contribution < 1.29 is 13.5 Å². The molecule has 6 nitrogen and oxygen atoms in total. The van der Waals surface area contributed by atoms with E-state index in [4.69, 9.17) is 10.5 Å². The molecular weight excluding hydrogens is 366 g/mol. The number of aromatic amines is 1. The minimum Gasteiger partial charge on any atom is -0.486 e. The first-order valence-corrected chi connectivity index (χ1v) is 7.97. The lowest BCUT2D eigenvalue weighted by atomic mass is 9.95. The summed E-state index contributed by atoms with van der Waals surface area (Å²) in [6, 6.07) is 13.0. The van der Waals surface area contributed by atoms with Crippen molar-refractivity contribution >= 4 is 5.82 Å². The standard InChI is InChI=1S/C20H12F2N4O2/c21-13-4-5-16(22)17(7-13)28-10-11-2-1-3-12(6-11)18-14(8-23)19(25)26-20(27)15(18)9-24/h1-7H,10H2,(H3,25,26,27). The number of benzene rings is 2. The van der Waals surface area contributed by atoms with Crippen LogP contribution in [0.3, 0.4) is 0 Å². The highest BCUT2D eigenvalue weighted by Gasteiger charge is 2.18. The van der Waals surface area contributed by atoms with Crippen LogP contribution < -0.4 is 16.0 Å². The van der Waals surface area contributed by atoms with Crippen LogP contribution in [0.2, 0.25) is 0 Å². The Morgan fingerprint density at radius 3 is 2.54 bits per heavy atom. The molecule has 0 saturated carbocycles. The number of H-pyrrole nitrogens is 1. The van der Waals surface area contributed by atoms with E-state index in [0.717, 1.165) is 18.2 Å². The van der Waals surface area contributed by atoms with Crippen LogP contribution in [-0.2, 0) is 6.61 Å². The van der Waals surface area contributed by atoms with Crippen LogP contribution in [0.4, 0.5) is 14.6 Å². The molecule has 3 aromatic rings. The van der Waals surface area contributed by atoms with Gasteiger partial charge < -0.3 is 15.5 Å². The zero-order valence-corrected chi connectivity index (χ0v) is 14.3. The first-order chi connectivity index (χ1) is 13.4. The summed E-state index contributed by atoms with van der Waals surface area (Å²) in [6.07, 6.45) is 0. The van der Waals surface area contributed by atoms with E-state index in [9.17, 15) is 24.1 Å². The van der Waals surface area contributed by atoms with Gasteiger partial charge in [-0.2, -0.15) is 10.5 Å². The van der Waals surface area contributed by atoms with E-state index in [-0.39, 0.29) is 34.9 Å². The van der Waals surface area contributed by atoms with Crippen LogP contribution >= 0.6 is 0 Å². The Morgan fingerprint density at radius 1 is 1.07 bits per heavy atom. The number of rotatable bonds is 4. The summed E-state index contributed by atoms with van der Waals surface area (Å²) in [5, 5.41) is 18.7. The second-order valence-electron chi connectivity index (χ2n) is 5.78. The molecular formula is C20H12F2N4O2. The molecule has 0 radical (unpaired) electrons. The van der Waals surface area contributed by atoms with Gasteiger partial charge in [0.15, 0.2) is 11.6 Å². The molecule has 0 unspecified atom stereocenters. The van der Waals surface area contributed by atoms with Crippen molar-refractivity contribution in [3.05, 3.63) is 81.1 Å². The molecule has 3 N–H and O–H groups in total. The maximum Gasteiger partial charge on any atom is 0.268 e. The zero-order chi connectivity index (χ0) is 20.3. The predicted octanol–water partition coefficient (Wildman–Crippen LogP) is 3.22. The molecule has 1 aromatic heterocycles. The van der Waals surface area contributed by atoms with Gasteiger partial charge >= 0.3 is 0 Å². The first-order valence-electron chi connectivity index (χ1n) is 7.97. The summed E-state index contributed by atoms with van der Waals surface area (Å²) in [4.78, 5) is 14.3. The molecule has 0 atom stereocenters. The summed E-state index contributed by atoms with van der Waals surface area (Å²) < 4.78 is 32.3. The molecule has 2 aromatic carbocycles. The van der Waals surface area contributed by atoms with E-state index in [2.05, 4.69) is 4.98 Å². The first kappa shape index (κ1) is 18.6. The van der Waals surface area contributed by atoms with Gasteiger partial charge in [0.1, 0.15) is 41.5 Å². The van der Waals surface area contributed by atoms with Crippen molar-refractivity contribution in [3.63, 3.8) is 0 Å². The molecule has 28 heavy (non-hydrogen) atoms. The molecule has 0 saturated heterocycles. The normalized spacial score (nSPS) is 10.1. The summed E-state index contributed by atoms with van der Waals surface area (Å²) >= 11 is 0. The number of nitrogens with zero attached hydrogens (tertiary/aromatic N) is 2. The molecule has 0 aliphatic rings. The molecule has 138 valence electrons. The number of nitriles is 2. The maximum atomic E-state index is 13.7. The van der Waals surface area contributed by atoms with E-state index < -0.39 is 17.2 Å². The third kappa shape index (κ3) is 3.53. The number of nitrogens with one attached hydrogen (secondary N) is 1. The Hall–Kier alpha value is -4.17. The molecule has 0 spiro atoms. The number of nitrogen functional groups attached to an aromatic ring is 1. The highest BCUT2D eigenvalue weighted by atomic mass is 19.1. The van der Waals surface area contributed by atoms with Gasteiger partial charge in [-0.25, -0.2) is 8.78 Å². The zero-order valence-electron chi connectivity index (χ0n) is 14.3. The van der Waals surface area contributed by atoms with Crippen LogP contribution in [0.1, 0.15) is 16.7 Å². The number of aromatic nitrogens is 1. The number of hydrogen-bond acceptors (Lipinski definition) is 5. The van der Waals surface area contributed by atoms with Crippen molar-refractivity contribution in [2.45, 2.75) is 6.61 Å². The Morgan fingerprint density at radius 2 is 1.82 bits per heavy atom. The Kier molecular flexibility index (Phi) is 5.05. The SMILES string of the molecule is N#Cc1c(N)[nH]c(=O)c(C#N)c1-c1cccc(COc2cc(F)ccc2F)c1. The third-order valence-corrected chi connectivity index (χ3v) is 3.97. The monoisotopic (exact) mass is 378 g/mol. The van der Waals surface area contributed by atoms with Gasteiger partial charge in [0, 0.05) is 11.6 Å². The van der Waals surface area contributed by atoms with Gasteiger partial charge in [-0.3, -0.25) is 4.79 Å². The minimum atomic E-state index is -0.711. The summed E-state index contributed by atoms with van der Waals surface area (Å²) in [5.74, 6) is -1.74. The van der Waals surface area contributed by atoms with Crippen LogP contribution in [0, 0.1) is 34.3 Å². The van der Waals surface area contributed by atoms with Crippen LogP contribution in [0.25, 0.3) is 11.1 Å². The molecule has 0 bridgehead atoms. The topological polar surface area (TPSA) is 116 Å². The Balaban J connectivity index is 2.01. The minimum absolute atomic E-state index is 0.0367. The maximum absolute atomic E-state index is 13.7. The van der Waals surface area contributed by atoms with Crippen molar-refractivity contribution in [1.82, 2.24) is 4.98 Å². The third-order valence-electron chi connectivity index (χ3n) is 3.97. The number of nitrogens with two attached hydrogens (primary N) is 1. The Labute approximate surface area is 158 Å². The van der Waals surface area contributed by atoms with Crippen LogP contribution in [0.5, 0.6) is 5.75 Å². The van der Waals surface area contributed by atoms with Gasteiger partial charge in [0.05, 0.1) is 0 Å². The van der Waals surface area contributed by atoms with Crippen molar-refractivity contribution in [2.75, 3.05) is 5.73 Å². The van der Waals surface area contributed by atoms with Crippen molar-refractivity contribution in [3.8, 4) is 29.0 Å². The lowest BCUT2D eigenvalue weighted by molar-refractivity contribution is 0.288. The molecule has 1 heterocycles. The summed E-state index contributed by atoms with van der Waals surface area (Å²) in [6.45, 7) is -0.101. The fourth-order valence-electron chi connectivity index (χ4n) is 2.70. The average molecular weight is 378 g/mol. The molecule has 3 rings (SSSR count). The van der Waals surface area contributed by atoms with E-state index in [1.807, 2.05) is 6.07 Å². The molecule has 0 amide bonds. The fourth-order valence-corrected chi connectivity index (χ4v) is 2.70. The summed E-state index contributed by atoms with van der Waals surface area (Å²) in [5.41, 5.74) is 5.76. The fraction of sp³-hybridized carbons (Fsp3) is 0.0500. The number of anilines is 1. The van der Waals surface area contributed by atoms with Gasteiger partial charge in [-0.1, -0.05) is 18.2 Å². The average Bonchev–Trinajstić information content (AvgIpc) is 2.68. The van der Waals surface area contributed by atoms with Gasteiger partial charge in [-0.05, 0) is 29.3 Å². The lowest BCUT2D eigenvalue weighted by Crippen LogP contribution is -2.16. The highest BCUT2D eigenvalue weighted by Crippen LogP contribution is 2.29. The number of halogens is 2. The second kappa shape index (κ2) is 7.60. The van der Waals surface area contributed by atoms with Gasteiger partial charge in [-0.15, -0.1) is 0 Å². The van der Waals surface area contributed by atoms with E-state index >= 15 is 0 Å². The molecule has 0 aliphatic carbocycles. The number of hydrogen-bond donors (Lipinski definition) is 2. The van der Waals surface area contributed by atoms with Crippen molar-refractivity contribution in [2.24, 2.45) is 0 Å². The lowest BCUT2D eigenvalue weighted by Gasteiger charge is -2.11. The predicted molar refractivity (Wildman–Crippen MR) is 97.0 cm³/mol. The van der Waals surface area contributed by atoms with E-state index in [1.54, 1.807) is 30.3 Å². The Bertz CT molecular complexity index is 1210. The largest absolute Gasteiger partial charge is 0.486 e. The van der Waals surface area contributed by atoms with Gasteiger partial charge in [0.2, 0.25) is 0 Å². The second-order valence-corrected chi connectivity index (χ2v) is 5.78. The van der Waals surface area contributed by atoms with Gasteiger partial charge in [0.25, 0.3) is 5.56 Å². The van der Waals surface area contributed by atoms with Crippen LogP contribution in [-0.4, -0.2) is 4.98 Å². The smallest absolute Gasteiger partial charge is 0.268 e. The molecule has 8 heteroatoms. The quantitative estimate of drug-likeness (QED) is 0.723. The van der Waals surface area contributed by atoms with Crippen molar-refractivity contribution in [1.29, 1.82) is 10.5 Å². The molecule has 0 fully saturated rings. The number of ether oxygens (including phenoxy) is 1. The van der Waals surface area contributed by atoms with E-state index in [0.29, 0.717) is 11.1 Å². The molecule has 0 aliphatic heterocycles. The summed E-state index contributed by atoms with van der Waals surface area (Å²) in [7, 11) is 0. The number of pyridine rings is 1. The van der Waals surface area contributed by atoms with E-state index in [1.165, 1.54) is 0 Å².